The lowest BCUT2D eigenvalue weighted by atomic mass is 9.89. The van der Waals surface area contributed by atoms with Gasteiger partial charge in [0, 0.05) is 44.5 Å². The molecule has 1 aromatic rings. The molecule has 1 aromatic carbocycles. The first kappa shape index (κ1) is 17.1. The molecule has 5 nitrogen and oxygen atoms in total. The molecule has 0 N–H and O–H groups in total. The first-order valence-corrected chi connectivity index (χ1v) is 8.80. The first-order valence-electron chi connectivity index (χ1n) is 8.80. The highest BCUT2D eigenvalue weighted by atomic mass is 16.6. The Balaban J connectivity index is 1.45. The third-order valence-corrected chi connectivity index (χ3v) is 5.12. The predicted octanol–water partition coefficient (Wildman–Crippen LogP) is 2.55. The molecule has 0 aliphatic carbocycles. The monoisotopic (exact) mass is 332 g/mol. The summed E-state index contributed by atoms with van der Waals surface area (Å²) in [5, 5.41) is 0. The summed E-state index contributed by atoms with van der Waals surface area (Å²) >= 11 is 0. The van der Waals surface area contributed by atoms with Gasteiger partial charge in [-0.15, -0.1) is 0 Å². The van der Waals surface area contributed by atoms with Crippen LogP contribution >= 0.6 is 0 Å². The van der Waals surface area contributed by atoms with E-state index in [-0.39, 0.29) is 17.5 Å². The van der Waals surface area contributed by atoms with Gasteiger partial charge in [-0.25, -0.2) is 0 Å². The van der Waals surface area contributed by atoms with Crippen molar-refractivity contribution in [1.29, 1.82) is 0 Å². The number of benzene rings is 1. The molecule has 24 heavy (non-hydrogen) atoms. The SMILES string of the molecule is COc1cccc(N2CCN(CC[C@@H]3CC(C)(C)C(=O)O3)CC2)c1. The zero-order chi connectivity index (χ0) is 17.2. The summed E-state index contributed by atoms with van der Waals surface area (Å²) in [5.74, 6) is 0.857. The quantitative estimate of drug-likeness (QED) is 0.775. The van der Waals surface area contributed by atoms with Crippen LogP contribution in [0.15, 0.2) is 24.3 Å². The first-order chi connectivity index (χ1) is 11.5. The lowest BCUT2D eigenvalue weighted by Gasteiger charge is -2.36. The number of anilines is 1. The summed E-state index contributed by atoms with van der Waals surface area (Å²) in [6.45, 7) is 9.07. The summed E-state index contributed by atoms with van der Waals surface area (Å²) in [6, 6.07) is 8.24. The summed E-state index contributed by atoms with van der Waals surface area (Å²) in [4.78, 5) is 16.6. The molecule has 2 aliphatic heterocycles. The average molecular weight is 332 g/mol. The van der Waals surface area contributed by atoms with Crippen molar-refractivity contribution in [3.8, 4) is 5.75 Å². The summed E-state index contributed by atoms with van der Waals surface area (Å²) < 4.78 is 10.8. The molecule has 0 unspecified atom stereocenters. The van der Waals surface area contributed by atoms with Gasteiger partial charge in [-0.1, -0.05) is 6.07 Å². The molecule has 2 fully saturated rings. The number of piperazine rings is 1. The number of carbonyl (C=O) groups is 1. The maximum absolute atomic E-state index is 11.8. The fourth-order valence-corrected chi connectivity index (χ4v) is 3.53. The Morgan fingerprint density at radius 1 is 1.25 bits per heavy atom. The number of hydrogen-bond acceptors (Lipinski definition) is 5. The average Bonchev–Trinajstić information content (AvgIpc) is 2.86. The molecule has 2 heterocycles. The third kappa shape index (κ3) is 3.83. The number of methoxy groups -OCH3 is 1. The van der Waals surface area contributed by atoms with Crippen LogP contribution in [0.2, 0.25) is 0 Å². The molecule has 0 bridgehead atoms. The van der Waals surface area contributed by atoms with Gasteiger partial charge >= 0.3 is 5.97 Å². The minimum Gasteiger partial charge on any atom is -0.497 e. The molecule has 1 atom stereocenters. The van der Waals surface area contributed by atoms with Crippen molar-refractivity contribution >= 4 is 11.7 Å². The molecule has 132 valence electrons. The van der Waals surface area contributed by atoms with Crippen LogP contribution in [0.3, 0.4) is 0 Å². The van der Waals surface area contributed by atoms with E-state index in [1.807, 2.05) is 26.0 Å². The lowest BCUT2D eigenvalue weighted by molar-refractivity contribution is -0.147. The van der Waals surface area contributed by atoms with E-state index in [0.29, 0.717) is 0 Å². The van der Waals surface area contributed by atoms with Crippen molar-refractivity contribution in [2.75, 3.05) is 44.7 Å². The van der Waals surface area contributed by atoms with Crippen molar-refractivity contribution in [2.24, 2.45) is 5.41 Å². The molecular formula is C19H28N2O3. The van der Waals surface area contributed by atoms with Gasteiger partial charge in [0.05, 0.1) is 12.5 Å². The second-order valence-electron chi connectivity index (χ2n) is 7.43. The molecule has 0 saturated carbocycles. The number of esters is 1. The van der Waals surface area contributed by atoms with Gasteiger partial charge < -0.3 is 14.4 Å². The molecule has 0 radical (unpaired) electrons. The van der Waals surface area contributed by atoms with E-state index in [1.165, 1.54) is 5.69 Å². The van der Waals surface area contributed by atoms with E-state index < -0.39 is 0 Å². The second-order valence-corrected chi connectivity index (χ2v) is 7.43. The predicted molar refractivity (Wildman–Crippen MR) is 94.5 cm³/mol. The van der Waals surface area contributed by atoms with E-state index in [0.717, 1.165) is 51.3 Å². The Hall–Kier alpha value is -1.75. The van der Waals surface area contributed by atoms with E-state index >= 15 is 0 Å². The number of carbonyl (C=O) groups excluding carboxylic acids is 1. The zero-order valence-corrected chi connectivity index (χ0v) is 15.0. The number of ether oxygens (including phenoxy) is 2. The summed E-state index contributed by atoms with van der Waals surface area (Å²) in [7, 11) is 1.70. The van der Waals surface area contributed by atoms with Crippen LogP contribution in [0.1, 0.15) is 26.7 Å². The minimum absolute atomic E-state index is 0.0460. The van der Waals surface area contributed by atoms with Crippen molar-refractivity contribution in [1.82, 2.24) is 4.90 Å². The Kier molecular flexibility index (Phi) is 4.99. The molecule has 3 rings (SSSR count). The summed E-state index contributed by atoms with van der Waals surface area (Å²) in [5.41, 5.74) is 0.913. The number of hydrogen-bond donors (Lipinski definition) is 0. The number of nitrogens with zero attached hydrogens (tertiary/aromatic N) is 2. The maximum Gasteiger partial charge on any atom is 0.311 e. The fraction of sp³-hybridized carbons (Fsp3) is 0.632. The van der Waals surface area contributed by atoms with E-state index in [2.05, 4.69) is 21.9 Å². The Bertz CT molecular complexity index is 580. The molecule has 2 aliphatic rings. The zero-order valence-electron chi connectivity index (χ0n) is 15.0. The van der Waals surface area contributed by atoms with Crippen molar-refractivity contribution in [3.05, 3.63) is 24.3 Å². The van der Waals surface area contributed by atoms with Gasteiger partial charge in [-0.3, -0.25) is 9.69 Å². The van der Waals surface area contributed by atoms with Crippen LogP contribution < -0.4 is 9.64 Å². The van der Waals surface area contributed by atoms with Crippen molar-refractivity contribution in [3.63, 3.8) is 0 Å². The van der Waals surface area contributed by atoms with Gasteiger partial charge in [0.15, 0.2) is 0 Å². The lowest BCUT2D eigenvalue weighted by Crippen LogP contribution is -2.47. The molecule has 0 amide bonds. The van der Waals surface area contributed by atoms with Crippen LogP contribution in [0.25, 0.3) is 0 Å². The molecule has 5 heteroatoms. The number of cyclic esters (lactones) is 1. The Morgan fingerprint density at radius 2 is 2.00 bits per heavy atom. The number of rotatable bonds is 5. The van der Waals surface area contributed by atoms with Gasteiger partial charge in [0.2, 0.25) is 0 Å². The fourth-order valence-electron chi connectivity index (χ4n) is 3.53. The standard InChI is InChI=1S/C19H28N2O3/c1-19(2)14-17(24-18(19)22)7-8-20-9-11-21(12-10-20)15-5-4-6-16(13-15)23-3/h4-6,13,17H,7-12,14H2,1-3H3/t17-/m1/s1. The van der Waals surface area contributed by atoms with Crippen LogP contribution in [0.5, 0.6) is 5.75 Å². The highest BCUT2D eigenvalue weighted by Crippen LogP contribution is 2.34. The minimum atomic E-state index is -0.310. The van der Waals surface area contributed by atoms with E-state index in [1.54, 1.807) is 7.11 Å². The van der Waals surface area contributed by atoms with Crippen molar-refractivity contribution in [2.45, 2.75) is 32.8 Å². The van der Waals surface area contributed by atoms with Gasteiger partial charge in [-0.2, -0.15) is 0 Å². The second kappa shape index (κ2) is 7.01. The smallest absolute Gasteiger partial charge is 0.311 e. The highest BCUT2D eigenvalue weighted by Gasteiger charge is 2.41. The van der Waals surface area contributed by atoms with Crippen LogP contribution in [0, 0.1) is 5.41 Å². The van der Waals surface area contributed by atoms with Crippen LogP contribution in [-0.2, 0) is 9.53 Å². The van der Waals surface area contributed by atoms with Gasteiger partial charge in [0.25, 0.3) is 0 Å². The third-order valence-electron chi connectivity index (χ3n) is 5.12. The topological polar surface area (TPSA) is 42.0 Å². The molecule has 2 saturated heterocycles. The summed E-state index contributed by atoms with van der Waals surface area (Å²) in [6.07, 6.45) is 1.87. The Morgan fingerprint density at radius 3 is 2.62 bits per heavy atom. The Labute approximate surface area is 144 Å². The molecular weight excluding hydrogens is 304 g/mol. The van der Waals surface area contributed by atoms with Crippen LogP contribution in [-0.4, -0.2) is 56.8 Å². The van der Waals surface area contributed by atoms with Gasteiger partial charge in [-0.05, 0) is 38.8 Å². The van der Waals surface area contributed by atoms with Crippen molar-refractivity contribution < 1.29 is 14.3 Å². The largest absolute Gasteiger partial charge is 0.497 e. The highest BCUT2D eigenvalue weighted by molar-refractivity contribution is 5.78. The molecule has 0 spiro atoms. The van der Waals surface area contributed by atoms with Crippen LogP contribution in [0.4, 0.5) is 5.69 Å². The van der Waals surface area contributed by atoms with Gasteiger partial charge in [0.1, 0.15) is 11.9 Å². The maximum atomic E-state index is 11.8. The van der Waals surface area contributed by atoms with E-state index in [4.69, 9.17) is 9.47 Å². The van der Waals surface area contributed by atoms with E-state index in [9.17, 15) is 4.79 Å². The molecule has 0 aromatic heterocycles. The normalized spacial score (nSPS) is 24.0.